The van der Waals surface area contributed by atoms with Gasteiger partial charge in [-0.2, -0.15) is 0 Å². The fourth-order valence-corrected chi connectivity index (χ4v) is 3.86. The lowest BCUT2D eigenvalue weighted by Gasteiger charge is -2.25. The van der Waals surface area contributed by atoms with Crippen LogP contribution in [0.5, 0.6) is 11.5 Å². The molecule has 1 unspecified atom stereocenters. The third kappa shape index (κ3) is 4.07. The van der Waals surface area contributed by atoms with Gasteiger partial charge in [0.15, 0.2) is 0 Å². The molecule has 0 spiro atoms. The standard InChI is InChI=1S/C26H23NO5/c1-2-32-21-14-10-19(11-15-21)24(29)22-23(18-8-12-20(28)13-9-18)27(26(31)25(22)30)16-17-6-4-3-5-7-17/h3-15,23,28-29H,2,16H2,1H3/b24-22+. The Morgan fingerprint density at radius 3 is 2.22 bits per heavy atom. The first-order valence-electron chi connectivity index (χ1n) is 10.3. The smallest absolute Gasteiger partial charge is 0.295 e. The molecule has 1 aliphatic heterocycles. The van der Waals surface area contributed by atoms with Gasteiger partial charge in [0.05, 0.1) is 18.2 Å². The van der Waals surface area contributed by atoms with Gasteiger partial charge in [0, 0.05) is 12.1 Å². The van der Waals surface area contributed by atoms with E-state index in [1.54, 1.807) is 36.4 Å². The molecule has 1 atom stereocenters. The molecule has 4 rings (SSSR count). The van der Waals surface area contributed by atoms with Gasteiger partial charge in [-0.15, -0.1) is 0 Å². The van der Waals surface area contributed by atoms with Crippen LogP contribution in [0.4, 0.5) is 0 Å². The van der Waals surface area contributed by atoms with E-state index in [1.165, 1.54) is 17.0 Å². The molecule has 1 saturated heterocycles. The number of ketones is 1. The second-order valence-corrected chi connectivity index (χ2v) is 7.46. The van der Waals surface area contributed by atoms with Crippen molar-refractivity contribution in [2.75, 3.05) is 6.61 Å². The predicted octanol–water partition coefficient (Wildman–Crippen LogP) is 4.41. The number of aliphatic hydroxyl groups excluding tert-OH is 1. The summed E-state index contributed by atoms with van der Waals surface area (Å²) in [5.74, 6) is -0.964. The maximum atomic E-state index is 13.1. The summed E-state index contributed by atoms with van der Waals surface area (Å²) < 4.78 is 5.44. The van der Waals surface area contributed by atoms with Crippen molar-refractivity contribution in [1.29, 1.82) is 0 Å². The molecule has 1 aliphatic rings. The summed E-state index contributed by atoms with van der Waals surface area (Å²) in [6.07, 6.45) is 0. The minimum Gasteiger partial charge on any atom is -0.508 e. The zero-order valence-corrected chi connectivity index (χ0v) is 17.6. The lowest BCUT2D eigenvalue weighted by atomic mass is 9.95. The van der Waals surface area contributed by atoms with Crippen LogP contribution in [-0.2, 0) is 16.1 Å². The number of Topliss-reactive ketones (excluding diaryl/α,β-unsaturated/α-hetero) is 1. The lowest BCUT2D eigenvalue weighted by molar-refractivity contribution is -0.140. The van der Waals surface area contributed by atoms with E-state index in [4.69, 9.17) is 4.74 Å². The average molecular weight is 429 g/mol. The largest absolute Gasteiger partial charge is 0.508 e. The molecule has 3 aromatic carbocycles. The minimum atomic E-state index is -0.789. The van der Waals surface area contributed by atoms with E-state index in [9.17, 15) is 19.8 Å². The summed E-state index contributed by atoms with van der Waals surface area (Å²) in [6.45, 7) is 2.59. The number of carbonyl (C=O) groups excluding carboxylic acids is 2. The van der Waals surface area contributed by atoms with Gasteiger partial charge in [-0.1, -0.05) is 42.5 Å². The number of rotatable bonds is 6. The summed E-state index contributed by atoms with van der Waals surface area (Å²) >= 11 is 0. The van der Waals surface area contributed by atoms with Gasteiger partial charge in [-0.3, -0.25) is 9.59 Å². The highest BCUT2D eigenvalue weighted by molar-refractivity contribution is 6.46. The van der Waals surface area contributed by atoms with Crippen molar-refractivity contribution in [2.45, 2.75) is 19.5 Å². The minimum absolute atomic E-state index is 0.0146. The van der Waals surface area contributed by atoms with E-state index in [0.29, 0.717) is 23.5 Å². The fraction of sp³-hybridized carbons (Fsp3) is 0.154. The molecule has 1 fully saturated rings. The van der Waals surface area contributed by atoms with E-state index < -0.39 is 17.7 Å². The number of benzene rings is 3. The summed E-state index contributed by atoms with van der Waals surface area (Å²) in [6, 6.07) is 21.6. The second-order valence-electron chi connectivity index (χ2n) is 7.46. The Bertz CT molecular complexity index is 1150. The van der Waals surface area contributed by atoms with Crippen LogP contribution in [0.25, 0.3) is 5.76 Å². The average Bonchev–Trinajstić information content (AvgIpc) is 3.05. The van der Waals surface area contributed by atoms with E-state index in [0.717, 1.165) is 5.56 Å². The number of likely N-dealkylation sites (tertiary alicyclic amines) is 1. The molecule has 0 aromatic heterocycles. The Hall–Kier alpha value is -4.06. The highest BCUT2D eigenvalue weighted by atomic mass is 16.5. The molecule has 162 valence electrons. The van der Waals surface area contributed by atoms with Crippen molar-refractivity contribution in [3.05, 3.63) is 101 Å². The summed E-state index contributed by atoms with van der Waals surface area (Å²) in [7, 11) is 0. The molecule has 0 saturated carbocycles. The van der Waals surface area contributed by atoms with Gasteiger partial charge < -0.3 is 19.8 Å². The van der Waals surface area contributed by atoms with Crippen molar-refractivity contribution >= 4 is 17.4 Å². The number of phenols is 1. The van der Waals surface area contributed by atoms with E-state index in [2.05, 4.69) is 0 Å². The van der Waals surface area contributed by atoms with Crippen molar-refractivity contribution < 1.29 is 24.5 Å². The number of aliphatic hydroxyl groups is 1. The molecule has 0 radical (unpaired) electrons. The number of hydrogen-bond acceptors (Lipinski definition) is 5. The van der Waals surface area contributed by atoms with Gasteiger partial charge >= 0.3 is 0 Å². The first-order valence-corrected chi connectivity index (χ1v) is 10.3. The highest BCUT2D eigenvalue weighted by Crippen LogP contribution is 2.40. The molecule has 0 bridgehead atoms. The third-order valence-electron chi connectivity index (χ3n) is 5.38. The van der Waals surface area contributed by atoms with Gasteiger partial charge in [0.2, 0.25) is 0 Å². The predicted molar refractivity (Wildman–Crippen MR) is 120 cm³/mol. The Kier molecular flexibility index (Phi) is 5.94. The molecule has 6 heteroatoms. The van der Waals surface area contributed by atoms with Crippen LogP contribution >= 0.6 is 0 Å². The van der Waals surface area contributed by atoms with E-state index >= 15 is 0 Å². The third-order valence-corrected chi connectivity index (χ3v) is 5.38. The van der Waals surface area contributed by atoms with Crippen LogP contribution < -0.4 is 4.74 Å². The number of carbonyl (C=O) groups is 2. The number of ether oxygens (including phenoxy) is 1. The molecular formula is C26H23NO5. The summed E-state index contributed by atoms with van der Waals surface area (Å²) in [5.41, 5.74) is 1.90. The van der Waals surface area contributed by atoms with Gasteiger partial charge in [-0.05, 0) is 54.4 Å². The second kappa shape index (κ2) is 8.98. The van der Waals surface area contributed by atoms with E-state index in [1.807, 2.05) is 37.3 Å². The van der Waals surface area contributed by atoms with Crippen LogP contribution in [0.2, 0.25) is 0 Å². The topological polar surface area (TPSA) is 87.1 Å². The van der Waals surface area contributed by atoms with Crippen molar-refractivity contribution in [3.63, 3.8) is 0 Å². The molecule has 1 amide bonds. The zero-order chi connectivity index (χ0) is 22.7. The highest BCUT2D eigenvalue weighted by Gasteiger charge is 2.46. The maximum Gasteiger partial charge on any atom is 0.295 e. The molecule has 3 aromatic rings. The fourth-order valence-electron chi connectivity index (χ4n) is 3.86. The summed E-state index contributed by atoms with van der Waals surface area (Å²) in [4.78, 5) is 27.5. The van der Waals surface area contributed by atoms with Crippen molar-refractivity contribution in [3.8, 4) is 11.5 Å². The number of phenolic OH excluding ortho intramolecular Hbond substituents is 1. The van der Waals surface area contributed by atoms with Crippen LogP contribution in [-0.4, -0.2) is 33.4 Å². The zero-order valence-electron chi connectivity index (χ0n) is 17.6. The molecule has 6 nitrogen and oxygen atoms in total. The maximum absolute atomic E-state index is 13.1. The van der Waals surface area contributed by atoms with E-state index in [-0.39, 0.29) is 23.6 Å². The molecule has 0 aliphatic carbocycles. The van der Waals surface area contributed by atoms with Crippen LogP contribution in [0.15, 0.2) is 84.4 Å². The number of hydrogen-bond donors (Lipinski definition) is 2. The Morgan fingerprint density at radius 1 is 0.938 bits per heavy atom. The molecule has 2 N–H and O–H groups in total. The van der Waals surface area contributed by atoms with Gasteiger partial charge in [0.1, 0.15) is 17.3 Å². The molecule has 1 heterocycles. The Morgan fingerprint density at radius 2 is 1.59 bits per heavy atom. The lowest BCUT2D eigenvalue weighted by Crippen LogP contribution is -2.29. The van der Waals surface area contributed by atoms with Crippen LogP contribution in [0, 0.1) is 0 Å². The first kappa shape index (κ1) is 21.2. The monoisotopic (exact) mass is 429 g/mol. The van der Waals surface area contributed by atoms with Gasteiger partial charge in [-0.25, -0.2) is 0 Å². The number of amides is 1. The SMILES string of the molecule is CCOc1ccc(/C(O)=C2\C(=O)C(=O)N(Cc3ccccc3)C2c2ccc(O)cc2)cc1. The normalized spacial score (nSPS) is 17.5. The molecular weight excluding hydrogens is 406 g/mol. The van der Waals surface area contributed by atoms with Crippen LogP contribution in [0.3, 0.4) is 0 Å². The summed E-state index contributed by atoms with van der Waals surface area (Å²) in [5, 5.41) is 20.8. The van der Waals surface area contributed by atoms with Crippen molar-refractivity contribution in [1.82, 2.24) is 4.90 Å². The Balaban J connectivity index is 1.81. The van der Waals surface area contributed by atoms with Crippen LogP contribution in [0.1, 0.15) is 29.7 Å². The Labute approximate surface area is 186 Å². The first-order chi connectivity index (χ1) is 15.5. The number of nitrogens with zero attached hydrogens (tertiary/aromatic N) is 1. The quantitative estimate of drug-likeness (QED) is 0.344. The van der Waals surface area contributed by atoms with Crippen molar-refractivity contribution in [2.24, 2.45) is 0 Å². The molecule has 32 heavy (non-hydrogen) atoms. The van der Waals surface area contributed by atoms with Gasteiger partial charge in [0.25, 0.3) is 11.7 Å². The number of aromatic hydroxyl groups is 1.